The lowest BCUT2D eigenvalue weighted by Gasteiger charge is -2.48. The summed E-state index contributed by atoms with van der Waals surface area (Å²) in [5.74, 6) is 1.62. The van der Waals surface area contributed by atoms with Gasteiger partial charge in [-0.15, -0.1) is 0 Å². The quantitative estimate of drug-likeness (QED) is 0.818. The van der Waals surface area contributed by atoms with Crippen LogP contribution in [0.5, 0.6) is 0 Å². The molecular weight excluding hydrogens is 260 g/mol. The van der Waals surface area contributed by atoms with Crippen LogP contribution in [-0.2, 0) is 0 Å². The molecule has 2 aliphatic carbocycles. The van der Waals surface area contributed by atoms with Crippen molar-refractivity contribution in [2.24, 2.45) is 11.8 Å². The Morgan fingerprint density at radius 3 is 2.43 bits per heavy atom. The number of aliphatic hydroxyl groups excluding tert-OH is 1. The fourth-order valence-corrected chi connectivity index (χ4v) is 4.81. The zero-order valence-electron chi connectivity index (χ0n) is 13.8. The van der Waals surface area contributed by atoms with Crippen LogP contribution in [0.2, 0.25) is 0 Å². The van der Waals surface area contributed by atoms with Crippen LogP contribution in [0.25, 0.3) is 0 Å². The Labute approximate surface area is 130 Å². The Bertz CT molecular complexity index is 310. The summed E-state index contributed by atoms with van der Waals surface area (Å²) < 4.78 is 0. The Kier molecular flexibility index (Phi) is 5.58. The van der Waals surface area contributed by atoms with Gasteiger partial charge in [0.05, 0.1) is 0 Å². The molecule has 0 aromatic carbocycles. The van der Waals surface area contributed by atoms with E-state index in [1.807, 2.05) is 0 Å². The van der Waals surface area contributed by atoms with E-state index < -0.39 is 0 Å². The van der Waals surface area contributed by atoms with E-state index in [1.165, 1.54) is 64.5 Å². The highest BCUT2D eigenvalue weighted by atomic mass is 16.3. The van der Waals surface area contributed by atoms with Gasteiger partial charge in [-0.1, -0.05) is 26.2 Å². The monoisotopic (exact) mass is 294 g/mol. The van der Waals surface area contributed by atoms with Crippen LogP contribution in [0.15, 0.2) is 0 Å². The second kappa shape index (κ2) is 7.43. The molecule has 3 nitrogen and oxygen atoms in total. The van der Waals surface area contributed by atoms with E-state index in [0.717, 1.165) is 24.4 Å². The summed E-state index contributed by atoms with van der Waals surface area (Å²) in [7, 11) is 0. The van der Waals surface area contributed by atoms with E-state index in [9.17, 15) is 5.11 Å². The fraction of sp³-hybridized carbons (Fsp3) is 1.00. The maximum absolute atomic E-state index is 9.33. The molecule has 3 fully saturated rings. The Hall–Kier alpha value is -0.120. The first kappa shape index (κ1) is 15.8. The van der Waals surface area contributed by atoms with E-state index >= 15 is 0 Å². The second-order valence-corrected chi connectivity index (χ2v) is 8.00. The minimum absolute atomic E-state index is 0.357. The molecule has 0 bridgehead atoms. The number of aliphatic hydroxyl groups is 1. The minimum Gasteiger partial charge on any atom is -0.396 e. The Balaban J connectivity index is 1.53. The smallest absolute Gasteiger partial charge is 0.0434 e. The first-order valence-corrected chi connectivity index (χ1v) is 9.35. The van der Waals surface area contributed by atoms with Gasteiger partial charge >= 0.3 is 0 Å². The van der Waals surface area contributed by atoms with Gasteiger partial charge in [0.15, 0.2) is 0 Å². The first-order chi connectivity index (χ1) is 10.2. The van der Waals surface area contributed by atoms with Gasteiger partial charge in [-0.2, -0.15) is 0 Å². The molecule has 1 aliphatic heterocycles. The van der Waals surface area contributed by atoms with Gasteiger partial charge in [0, 0.05) is 37.8 Å². The second-order valence-electron chi connectivity index (χ2n) is 8.00. The first-order valence-electron chi connectivity index (χ1n) is 9.35. The summed E-state index contributed by atoms with van der Waals surface area (Å²) in [6.07, 6.45) is 12.1. The average molecular weight is 294 g/mol. The van der Waals surface area contributed by atoms with Crippen molar-refractivity contribution in [1.29, 1.82) is 0 Å². The molecule has 21 heavy (non-hydrogen) atoms. The zero-order chi connectivity index (χ0) is 14.7. The van der Waals surface area contributed by atoms with Gasteiger partial charge in [0.2, 0.25) is 0 Å². The summed E-state index contributed by atoms with van der Waals surface area (Å²) >= 11 is 0. The van der Waals surface area contributed by atoms with E-state index in [0.29, 0.717) is 18.6 Å². The third-order valence-corrected chi connectivity index (χ3v) is 6.04. The van der Waals surface area contributed by atoms with Crippen LogP contribution in [0, 0.1) is 11.8 Å². The minimum atomic E-state index is 0.357. The number of hydrogen-bond donors (Lipinski definition) is 2. The average Bonchev–Trinajstić information content (AvgIpc) is 2.45. The molecule has 2 atom stereocenters. The van der Waals surface area contributed by atoms with Gasteiger partial charge in [-0.3, -0.25) is 4.90 Å². The van der Waals surface area contributed by atoms with Crippen LogP contribution in [-0.4, -0.2) is 47.8 Å². The highest BCUT2D eigenvalue weighted by Gasteiger charge is 2.36. The molecule has 0 spiro atoms. The summed E-state index contributed by atoms with van der Waals surface area (Å²) in [5.41, 5.74) is 0. The van der Waals surface area contributed by atoms with Crippen molar-refractivity contribution in [1.82, 2.24) is 10.2 Å². The molecular formula is C18H34N2O. The molecule has 0 amide bonds. The standard InChI is InChI=1S/C18H34N2O/c1-14-9-18(10-14)20-12-15(7-8-21)11-17(13-20)19-16-5-3-2-4-6-16/h14-19,21H,2-13H2,1H3. The maximum atomic E-state index is 9.33. The predicted octanol–water partition coefficient (Wildman–Crippen LogP) is 2.78. The van der Waals surface area contributed by atoms with Crippen molar-refractivity contribution in [2.75, 3.05) is 19.7 Å². The molecule has 1 heterocycles. The van der Waals surface area contributed by atoms with Gasteiger partial charge in [0.1, 0.15) is 0 Å². The molecule has 0 radical (unpaired) electrons. The molecule has 3 heteroatoms. The van der Waals surface area contributed by atoms with Gasteiger partial charge in [0.25, 0.3) is 0 Å². The Morgan fingerprint density at radius 1 is 1.00 bits per heavy atom. The molecule has 2 unspecified atom stereocenters. The number of piperidine rings is 1. The van der Waals surface area contributed by atoms with Crippen LogP contribution < -0.4 is 5.32 Å². The van der Waals surface area contributed by atoms with Crippen molar-refractivity contribution in [2.45, 2.75) is 82.8 Å². The summed E-state index contributed by atoms with van der Waals surface area (Å²) in [6.45, 7) is 5.20. The molecule has 3 aliphatic rings. The topological polar surface area (TPSA) is 35.5 Å². The number of likely N-dealkylation sites (tertiary alicyclic amines) is 1. The fourth-order valence-electron chi connectivity index (χ4n) is 4.81. The SMILES string of the molecule is CC1CC(N2CC(CCO)CC(NC3CCCCC3)C2)C1. The lowest BCUT2D eigenvalue weighted by atomic mass is 9.78. The molecule has 2 N–H and O–H groups in total. The highest BCUT2D eigenvalue weighted by Crippen LogP contribution is 2.34. The summed E-state index contributed by atoms with van der Waals surface area (Å²) in [6, 6.07) is 2.25. The summed E-state index contributed by atoms with van der Waals surface area (Å²) in [5, 5.41) is 13.3. The molecule has 3 rings (SSSR count). The zero-order valence-corrected chi connectivity index (χ0v) is 13.8. The number of nitrogens with one attached hydrogen (secondary N) is 1. The normalized spacial score (nSPS) is 39.1. The maximum Gasteiger partial charge on any atom is 0.0434 e. The van der Waals surface area contributed by atoms with Crippen molar-refractivity contribution in [3.05, 3.63) is 0 Å². The van der Waals surface area contributed by atoms with Crippen molar-refractivity contribution >= 4 is 0 Å². The predicted molar refractivity (Wildman–Crippen MR) is 87.4 cm³/mol. The molecule has 0 aromatic rings. The molecule has 0 aromatic heterocycles. The van der Waals surface area contributed by atoms with Crippen LogP contribution in [0.1, 0.15) is 64.7 Å². The number of rotatable bonds is 5. The van der Waals surface area contributed by atoms with E-state index in [4.69, 9.17) is 0 Å². The van der Waals surface area contributed by atoms with Crippen molar-refractivity contribution in [3.8, 4) is 0 Å². The molecule has 1 saturated heterocycles. The Morgan fingerprint density at radius 2 is 1.76 bits per heavy atom. The van der Waals surface area contributed by atoms with Crippen molar-refractivity contribution < 1.29 is 5.11 Å². The van der Waals surface area contributed by atoms with E-state index in [2.05, 4.69) is 17.1 Å². The van der Waals surface area contributed by atoms with Crippen molar-refractivity contribution in [3.63, 3.8) is 0 Å². The van der Waals surface area contributed by atoms with E-state index in [1.54, 1.807) is 0 Å². The largest absolute Gasteiger partial charge is 0.396 e. The third kappa shape index (κ3) is 4.20. The van der Waals surface area contributed by atoms with Crippen LogP contribution in [0.3, 0.4) is 0 Å². The third-order valence-electron chi connectivity index (χ3n) is 6.04. The van der Waals surface area contributed by atoms with E-state index in [-0.39, 0.29) is 0 Å². The van der Waals surface area contributed by atoms with Gasteiger partial charge in [-0.25, -0.2) is 0 Å². The van der Waals surface area contributed by atoms with Gasteiger partial charge < -0.3 is 10.4 Å². The van der Waals surface area contributed by atoms with Gasteiger partial charge in [-0.05, 0) is 50.4 Å². The van der Waals surface area contributed by atoms with Crippen LogP contribution >= 0.6 is 0 Å². The molecule has 2 saturated carbocycles. The lowest BCUT2D eigenvalue weighted by Crippen LogP contribution is -2.57. The van der Waals surface area contributed by atoms with Crippen LogP contribution in [0.4, 0.5) is 0 Å². The molecule has 122 valence electrons. The number of hydrogen-bond acceptors (Lipinski definition) is 3. The number of nitrogens with zero attached hydrogens (tertiary/aromatic N) is 1. The summed E-state index contributed by atoms with van der Waals surface area (Å²) in [4.78, 5) is 2.74. The highest BCUT2D eigenvalue weighted by molar-refractivity contribution is 4.93. The lowest BCUT2D eigenvalue weighted by molar-refractivity contribution is 0.0252.